The van der Waals surface area contributed by atoms with E-state index in [9.17, 15) is 24.0 Å². The second-order valence-electron chi connectivity index (χ2n) is 13.6. The zero-order valence-electron chi connectivity index (χ0n) is 38.5. The van der Waals surface area contributed by atoms with E-state index in [1.165, 1.54) is 19.1 Å². The monoisotopic (exact) mass is 898 g/mol. The van der Waals surface area contributed by atoms with E-state index in [1.807, 2.05) is 86.6 Å². The molecule has 0 amide bonds. The number of aromatic hydroxyl groups is 1. The number of carbonyl (C=O) groups is 5. The minimum Gasteiger partial charge on any atom is -0.508 e. The van der Waals surface area contributed by atoms with Crippen LogP contribution >= 0.6 is 0 Å². The van der Waals surface area contributed by atoms with E-state index in [0.29, 0.717) is 16.7 Å². The number of ether oxygens (including phenoxy) is 4. The van der Waals surface area contributed by atoms with Gasteiger partial charge in [0.1, 0.15) is 28.7 Å². The molecule has 66 heavy (non-hydrogen) atoms. The maximum absolute atomic E-state index is 11.4. The molecule has 7 rings (SSSR count). The average molecular weight is 899 g/mol. The summed E-state index contributed by atoms with van der Waals surface area (Å²) in [5.41, 5.74) is 3.45. The molecule has 0 saturated heterocycles. The van der Waals surface area contributed by atoms with E-state index < -0.39 is 0 Å². The van der Waals surface area contributed by atoms with Crippen molar-refractivity contribution in [3.8, 4) is 28.7 Å². The van der Waals surface area contributed by atoms with E-state index >= 15 is 0 Å². The molecule has 350 valence electrons. The normalized spacial score (nSPS) is 9.26. The lowest BCUT2D eigenvalue weighted by molar-refractivity contribution is 0.100. The Morgan fingerprint density at radius 3 is 1.20 bits per heavy atom. The van der Waals surface area contributed by atoms with Crippen molar-refractivity contribution < 1.29 is 48.0 Å². The van der Waals surface area contributed by atoms with Gasteiger partial charge < -0.3 is 24.1 Å². The predicted molar refractivity (Wildman–Crippen MR) is 270 cm³/mol. The number of fused-ring (bicyclic) bond motifs is 2. The van der Waals surface area contributed by atoms with Crippen molar-refractivity contribution in [2.45, 2.75) is 63.3 Å². The number of hydrogen-bond acceptors (Lipinski definition) is 10. The van der Waals surface area contributed by atoms with Gasteiger partial charge >= 0.3 is 0 Å². The van der Waals surface area contributed by atoms with Crippen LogP contribution in [0.15, 0.2) is 146 Å². The smallest absolute Gasteiger partial charge is 0.160 e. The number of ketones is 5. The van der Waals surface area contributed by atoms with Crippen LogP contribution < -0.4 is 18.9 Å². The molecule has 0 bridgehead atoms. The lowest BCUT2D eigenvalue weighted by atomic mass is 10.0. The van der Waals surface area contributed by atoms with Gasteiger partial charge in [-0.05, 0) is 136 Å². The third-order valence-electron chi connectivity index (χ3n) is 9.18. The lowest BCUT2D eigenvalue weighted by Gasteiger charge is -2.07. The summed E-state index contributed by atoms with van der Waals surface area (Å²) in [6.07, 6.45) is 0. The number of phenolic OH excluding ortho intramolecular Hbond substituents is 1. The highest BCUT2D eigenvalue weighted by Gasteiger charge is 2.08. The molecule has 0 spiro atoms. The molecule has 0 heterocycles. The van der Waals surface area contributed by atoms with Crippen molar-refractivity contribution in [1.82, 2.24) is 0 Å². The highest BCUT2D eigenvalue weighted by Crippen LogP contribution is 2.28. The van der Waals surface area contributed by atoms with Crippen molar-refractivity contribution in [2.75, 3.05) is 28.4 Å². The maximum atomic E-state index is 11.4. The van der Waals surface area contributed by atoms with Gasteiger partial charge in [0.2, 0.25) is 0 Å². The molecule has 0 fully saturated rings. The van der Waals surface area contributed by atoms with Gasteiger partial charge in [-0.3, -0.25) is 24.0 Å². The van der Waals surface area contributed by atoms with Crippen LogP contribution in [0.5, 0.6) is 28.7 Å². The molecule has 10 heteroatoms. The molecule has 0 unspecified atom stereocenters. The molecule has 1 N–H and O–H groups in total. The van der Waals surface area contributed by atoms with Gasteiger partial charge in [-0.2, -0.15) is 0 Å². The topological polar surface area (TPSA) is 143 Å². The third-order valence-corrected chi connectivity index (χ3v) is 9.18. The summed E-state index contributed by atoms with van der Waals surface area (Å²) in [7, 11) is 6.48. The van der Waals surface area contributed by atoms with E-state index in [0.717, 1.165) is 55.7 Å². The summed E-state index contributed by atoms with van der Waals surface area (Å²) in [4.78, 5) is 54.9. The number of phenols is 1. The van der Waals surface area contributed by atoms with Gasteiger partial charge in [-0.1, -0.05) is 89.4 Å². The summed E-state index contributed by atoms with van der Waals surface area (Å²) < 4.78 is 20.3. The van der Waals surface area contributed by atoms with E-state index in [1.54, 1.807) is 117 Å². The Bertz CT molecular complexity index is 2550. The second-order valence-corrected chi connectivity index (χ2v) is 13.6. The van der Waals surface area contributed by atoms with Gasteiger partial charge in [0.05, 0.1) is 28.4 Å². The Hall–Kier alpha value is -7.59. The van der Waals surface area contributed by atoms with E-state index in [-0.39, 0.29) is 49.5 Å². The minimum atomic E-state index is -0.0316. The van der Waals surface area contributed by atoms with Crippen LogP contribution in [-0.2, 0) is 0 Å². The van der Waals surface area contributed by atoms with Crippen molar-refractivity contribution in [2.24, 2.45) is 0 Å². The summed E-state index contributed by atoms with van der Waals surface area (Å²) in [5.74, 6) is 3.60. The number of carbonyl (C=O) groups excluding carboxylic acids is 5. The number of hydrogen-bond donors (Lipinski definition) is 1. The molecule has 7 aromatic carbocycles. The first-order chi connectivity index (χ1) is 30.6. The fourth-order valence-corrected chi connectivity index (χ4v) is 5.71. The first kappa shape index (κ1) is 58.4. The van der Waals surface area contributed by atoms with Crippen LogP contribution in [0, 0.1) is 0 Å². The molecule has 0 atom stereocenters. The Balaban J connectivity index is 0.000000794. The molecule has 0 aromatic heterocycles. The van der Waals surface area contributed by atoms with E-state index in [4.69, 9.17) is 24.1 Å². The summed E-state index contributed by atoms with van der Waals surface area (Å²) in [6.45, 7) is 11.7. The van der Waals surface area contributed by atoms with Crippen LogP contribution in [0.25, 0.3) is 21.5 Å². The van der Waals surface area contributed by atoms with Crippen LogP contribution in [0.4, 0.5) is 0 Å². The van der Waals surface area contributed by atoms with Gasteiger partial charge in [-0.15, -0.1) is 0 Å². The van der Waals surface area contributed by atoms with Crippen LogP contribution in [0.2, 0.25) is 0 Å². The van der Waals surface area contributed by atoms with Crippen LogP contribution in [-0.4, -0.2) is 62.5 Å². The molecule has 0 saturated carbocycles. The fourth-order valence-electron chi connectivity index (χ4n) is 5.71. The molecule has 0 aliphatic carbocycles. The zero-order chi connectivity index (χ0) is 47.8. The van der Waals surface area contributed by atoms with Crippen LogP contribution in [0.3, 0.4) is 0 Å². The molecule has 0 aliphatic heterocycles. The largest absolute Gasteiger partial charge is 0.508 e. The SMILES string of the molecule is C.C.CC.CC(=O)c1cccc(O)c1.COc1ccc(C(C)=O)cc1.COc1ccc(C(C)=O)cc1.COc1ccc2cc(C(C)=O)ccc2c1.COc1cccc2c(C(C)=O)cccc12. The maximum Gasteiger partial charge on any atom is 0.160 e. The Morgan fingerprint density at radius 1 is 0.379 bits per heavy atom. The fraction of sp³-hybridized carbons (Fsp3) is 0.232. The third kappa shape index (κ3) is 18.6. The number of benzene rings is 7. The number of rotatable bonds is 9. The van der Waals surface area contributed by atoms with Crippen molar-refractivity contribution in [3.63, 3.8) is 0 Å². The van der Waals surface area contributed by atoms with Gasteiger partial charge in [0.25, 0.3) is 0 Å². The van der Waals surface area contributed by atoms with Gasteiger partial charge in [0.15, 0.2) is 28.9 Å². The zero-order valence-corrected chi connectivity index (χ0v) is 38.5. The van der Waals surface area contributed by atoms with E-state index in [2.05, 4.69) is 0 Å². The highest BCUT2D eigenvalue weighted by molar-refractivity contribution is 6.08. The lowest BCUT2D eigenvalue weighted by Crippen LogP contribution is -1.94. The molecular weight excluding hydrogens is 833 g/mol. The molecule has 0 aliphatic rings. The Morgan fingerprint density at radius 2 is 0.773 bits per heavy atom. The Kier molecular flexibility index (Phi) is 27.0. The number of Topliss-reactive ketones (excluding diaryl/α,β-unsaturated/α-hetero) is 5. The first-order valence-corrected chi connectivity index (χ1v) is 20.4. The van der Waals surface area contributed by atoms with Gasteiger partial charge in [-0.25, -0.2) is 0 Å². The second kappa shape index (κ2) is 30.5. The quantitative estimate of drug-likeness (QED) is 0.139. The minimum absolute atomic E-state index is 0. The molecule has 10 nitrogen and oxygen atoms in total. The average Bonchev–Trinajstić information content (AvgIpc) is 3.32. The predicted octanol–water partition coefficient (Wildman–Crippen LogP) is 13.8. The number of methoxy groups -OCH3 is 4. The molecular formula is C56H66O10. The standard InChI is InChI=1S/2C13H12O2.2C9H10O2.C8H8O2.C2H6.2CH4/c1-9(14)10-5-3-7-12-11(10)6-4-8-13(12)15-2;1-9(14)10-3-4-12-8-13(15-2)6-5-11(12)7-10;2*1-7(10)8-3-5-9(11-2)6-4-8;1-6(9)7-3-2-4-8(10)5-7;1-2;;/h2*3-8H,1-2H3;2*3-6H,1-2H3;2-5,10H,1H3;1-2H3;2*1H4. The summed E-state index contributed by atoms with van der Waals surface area (Å²) >= 11 is 0. The van der Waals surface area contributed by atoms with Crippen molar-refractivity contribution >= 4 is 50.5 Å². The molecule has 0 radical (unpaired) electrons. The molecule has 7 aromatic rings. The summed E-state index contributed by atoms with van der Waals surface area (Å²) in [6, 6.07) is 43.3. The Labute approximate surface area is 391 Å². The summed E-state index contributed by atoms with van der Waals surface area (Å²) in [5, 5.41) is 13.0. The van der Waals surface area contributed by atoms with Crippen molar-refractivity contribution in [3.05, 3.63) is 173 Å². The van der Waals surface area contributed by atoms with Crippen molar-refractivity contribution in [1.29, 1.82) is 0 Å². The highest BCUT2D eigenvalue weighted by atomic mass is 16.5. The van der Waals surface area contributed by atoms with Crippen LogP contribution in [0.1, 0.15) is 115 Å². The van der Waals surface area contributed by atoms with Gasteiger partial charge in [0, 0.05) is 33.2 Å². The first-order valence-electron chi connectivity index (χ1n) is 20.4.